The largest absolute Gasteiger partial charge is 0.467 e. The summed E-state index contributed by atoms with van der Waals surface area (Å²) in [6.07, 6.45) is 13.0. The fourth-order valence-corrected chi connectivity index (χ4v) is 5.36. The van der Waals surface area contributed by atoms with Crippen LogP contribution in [0.4, 0.5) is 4.79 Å². The van der Waals surface area contributed by atoms with Gasteiger partial charge in [0.2, 0.25) is 0 Å². The summed E-state index contributed by atoms with van der Waals surface area (Å²) < 4.78 is 5.27. The van der Waals surface area contributed by atoms with Gasteiger partial charge in [0.15, 0.2) is 0 Å². The predicted molar refractivity (Wildman–Crippen MR) is 146 cm³/mol. The van der Waals surface area contributed by atoms with E-state index in [1.54, 1.807) is 12.3 Å². The van der Waals surface area contributed by atoms with Crippen LogP contribution in [-0.2, 0) is 6.54 Å². The molecular weight excluding hydrogens is 478 g/mol. The average molecular weight is 510 g/mol. The maximum atomic E-state index is 12.7. The van der Waals surface area contributed by atoms with E-state index in [9.17, 15) is 9.59 Å². The van der Waals surface area contributed by atoms with Gasteiger partial charge in [-0.1, -0.05) is 31.1 Å². The van der Waals surface area contributed by atoms with Gasteiger partial charge in [-0.15, -0.1) is 0 Å². The zero-order valence-electron chi connectivity index (χ0n) is 21.2. The summed E-state index contributed by atoms with van der Waals surface area (Å²) in [5.41, 5.74) is 5.74. The predicted octanol–water partition coefficient (Wildman–Crippen LogP) is 5.49. The number of furan rings is 1. The summed E-state index contributed by atoms with van der Waals surface area (Å²) in [5, 5.41) is 7.11. The van der Waals surface area contributed by atoms with Crippen LogP contribution in [0.15, 0.2) is 71.6 Å². The molecule has 2 aliphatic rings. The number of carbonyl (C=O) groups excluding carboxylic acids is 2. The molecule has 3 amide bonds. The third-order valence-corrected chi connectivity index (χ3v) is 7.54. The number of H-pyrrole nitrogens is 1. The van der Waals surface area contributed by atoms with Gasteiger partial charge in [-0.3, -0.25) is 4.79 Å². The maximum absolute atomic E-state index is 12.7. The standard InChI is InChI=1S/C30H31N5O3/c36-29(33-18-25-6-3-15-38-25)22-9-7-20(8-10-22)23-16-26-27(19-32-28(26)31-17-23)21-11-13-35(14-12-21)30(37)34-24-4-1-2-5-24/h3,6-11,15-17,19,24H,1-2,4-5,12-14,18H2,(H,31,32)(H,33,36)(H,34,37). The molecule has 1 aliphatic carbocycles. The summed E-state index contributed by atoms with van der Waals surface area (Å²) in [4.78, 5) is 35.0. The van der Waals surface area contributed by atoms with Crippen LogP contribution < -0.4 is 10.6 Å². The Balaban J connectivity index is 1.14. The molecule has 6 rings (SSSR count). The van der Waals surface area contributed by atoms with Crippen molar-refractivity contribution in [3.05, 3.63) is 84.1 Å². The van der Waals surface area contributed by atoms with Crippen LogP contribution in [-0.4, -0.2) is 45.9 Å². The molecule has 0 unspecified atom stereocenters. The van der Waals surface area contributed by atoms with Gasteiger partial charge in [-0.25, -0.2) is 9.78 Å². The average Bonchev–Trinajstić information content (AvgIpc) is 3.74. The summed E-state index contributed by atoms with van der Waals surface area (Å²) in [5.74, 6) is 0.564. The second kappa shape index (κ2) is 10.6. The number of hydrogen-bond donors (Lipinski definition) is 3. The number of aromatic nitrogens is 2. The highest BCUT2D eigenvalue weighted by molar-refractivity contribution is 5.96. The Bertz CT molecular complexity index is 1460. The van der Waals surface area contributed by atoms with Crippen LogP contribution in [0.5, 0.6) is 0 Å². The highest BCUT2D eigenvalue weighted by Crippen LogP contribution is 2.31. The van der Waals surface area contributed by atoms with Crippen molar-refractivity contribution in [1.29, 1.82) is 0 Å². The summed E-state index contributed by atoms with van der Waals surface area (Å²) >= 11 is 0. The Morgan fingerprint density at radius 3 is 2.68 bits per heavy atom. The smallest absolute Gasteiger partial charge is 0.317 e. The van der Waals surface area contributed by atoms with Gasteiger partial charge in [0.25, 0.3) is 5.91 Å². The lowest BCUT2D eigenvalue weighted by Crippen LogP contribution is -2.45. The molecule has 8 heteroatoms. The molecule has 0 radical (unpaired) electrons. The molecule has 3 aromatic heterocycles. The second-order valence-electron chi connectivity index (χ2n) is 10.0. The second-order valence-corrected chi connectivity index (χ2v) is 10.0. The van der Waals surface area contributed by atoms with Crippen molar-refractivity contribution in [3.63, 3.8) is 0 Å². The Labute approximate surface area is 221 Å². The monoisotopic (exact) mass is 509 g/mol. The molecule has 8 nitrogen and oxygen atoms in total. The van der Waals surface area contributed by atoms with E-state index >= 15 is 0 Å². The minimum atomic E-state index is -0.148. The number of pyridine rings is 1. The lowest BCUT2D eigenvalue weighted by Gasteiger charge is -2.28. The number of benzene rings is 1. The quantitative estimate of drug-likeness (QED) is 0.320. The Morgan fingerprint density at radius 1 is 1.11 bits per heavy atom. The number of urea groups is 1. The van der Waals surface area contributed by atoms with Crippen molar-refractivity contribution in [2.45, 2.75) is 44.7 Å². The molecule has 4 heterocycles. The third-order valence-electron chi connectivity index (χ3n) is 7.54. The molecule has 3 N–H and O–H groups in total. The summed E-state index contributed by atoms with van der Waals surface area (Å²) in [7, 11) is 0. The van der Waals surface area contributed by atoms with E-state index < -0.39 is 0 Å². The highest BCUT2D eigenvalue weighted by Gasteiger charge is 2.23. The number of hydrogen-bond acceptors (Lipinski definition) is 4. The van der Waals surface area contributed by atoms with Gasteiger partial charge in [0.05, 0.1) is 12.8 Å². The zero-order valence-corrected chi connectivity index (χ0v) is 21.2. The van der Waals surface area contributed by atoms with Crippen LogP contribution >= 0.6 is 0 Å². The van der Waals surface area contributed by atoms with Gasteiger partial charge < -0.3 is 24.9 Å². The van der Waals surface area contributed by atoms with E-state index in [1.807, 2.05) is 47.6 Å². The number of aromatic amines is 1. The van der Waals surface area contributed by atoms with Crippen molar-refractivity contribution >= 4 is 28.5 Å². The Kier molecular flexibility index (Phi) is 6.69. The summed E-state index contributed by atoms with van der Waals surface area (Å²) in [6, 6.07) is 13.7. The number of rotatable bonds is 6. The SMILES string of the molecule is O=C(NCc1ccco1)c1ccc(-c2cnc3[nH]cc(C4=CCN(C(=O)NC5CCCC5)CC4)c3c2)cc1. The van der Waals surface area contributed by atoms with Crippen LogP contribution in [0.2, 0.25) is 0 Å². The van der Waals surface area contributed by atoms with E-state index in [-0.39, 0.29) is 11.9 Å². The van der Waals surface area contributed by atoms with Gasteiger partial charge in [-0.05, 0) is 60.7 Å². The van der Waals surface area contributed by atoms with Crippen molar-refractivity contribution in [2.24, 2.45) is 0 Å². The van der Waals surface area contributed by atoms with E-state index in [0.717, 1.165) is 47.0 Å². The normalized spacial score (nSPS) is 16.0. The fraction of sp³-hybridized carbons (Fsp3) is 0.300. The molecule has 0 spiro atoms. The molecule has 1 aliphatic heterocycles. The van der Waals surface area contributed by atoms with Crippen molar-refractivity contribution in [1.82, 2.24) is 25.5 Å². The minimum Gasteiger partial charge on any atom is -0.467 e. The number of carbonyl (C=O) groups is 2. The number of amides is 3. The first kappa shape index (κ1) is 24.0. The van der Waals surface area contributed by atoms with Crippen LogP contribution in [0.25, 0.3) is 27.7 Å². The lowest BCUT2D eigenvalue weighted by atomic mass is 9.98. The molecule has 4 aromatic rings. The lowest BCUT2D eigenvalue weighted by molar-refractivity contribution is 0.0948. The van der Waals surface area contributed by atoms with Gasteiger partial charge in [-0.2, -0.15) is 0 Å². The van der Waals surface area contributed by atoms with E-state index in [1.165, 1.54) is 18.4 Å². The van der Waals surface area contributed by atoms with Crippen LogP contribution in [0.1, 0.15) is 53.8 Å². The highest BCUT2D eigenvalue weighted by atomic mass is 16.3. The first-order valence-corrected chi connectivity index (χ1v) is 13.3. The third kappa shape index (κ3) is 5.07. The van der Waals surface area contributed by atoms with Crippen LogP contribution in [0, 0.1) is 0 Å². The molecule has 0 saturated heterocycles. The molecule has 194 valence electrons. The number of nitrogens with zero attached hydrogens (tertiary/aromatic N) is 2. The molecule has 1 fully saturated rings. The first-order valence-electron chi connectivity index (χ1n) is 13.3. The fourth-order valence-electron chi connectivity index (χ4n) is 5.36. The van der Waals surface area contributed by atoms with Crippen molar-refractivity contribution in [2.75, 3.05) is 13.1 Å². The molecule has 0 atom stereocenters. The van der Waals surface area contributed by atoms with Gasteiger partial charge in [0, 0.05) is 53.6 Å². The molecule has 1 saturated carbocycles. The summed E-state index contributed by atoms with van der Waals surface area (Å²) in [6.45, 7) is 1.66. The van der Waals surface area contributed by atoms with Crippen molar-refractivity contribution in [3.8, 4) is 11.1 Å². The Hall–Kier alpha value is -4.33. The van der Waals surface area contributed by atoms with Crippen LogP contribution in [0.3, 0.4) is 0 Å². The first-order chi connectivity index (χ1) is 18.6. The topological polar surface area (TPSA) is 103 Å². The van der Waals surface area contributed by atoms with E-state index in [0.29, 0.717) is 37.0 Å². The molecular formula is C30H31N5O3. The van der Waals surface area contributed by atoms with E-state index in [2.05, 4.69) is 32.7 Å². The maximum Gasteiger partial charge on any atom is 0.317 e. The van der Waals surface area contributed by atoms with Gasteiger partial charge >= 0.3 is 6.03 Å². The molecule has 0 bridgehead atoms. The van der Waals surface area contributed by atoms with E-state index in [4.69, 9.17) is 4.42 Å². The Morgan fingerprint density at radius 2 is 1.95 bits per heavy atom. The molecule has 1 aromatic carbocycles. The zero-order chi connectivity index (χ0) is 25.9. The molecule has 38 heavy (non-hydrogen) atoms. The number of fused-ring (bicyclic) bond motifs is 1. The number of nitrogens with one attached hydrogen (secondary N) is 3. The van der Waals surface area contributed by atoms with Gasteiger partial charge in [0.1, 0.15) is 11.4 Å². The van der Waals surface area contributed by atoms with Crippen molar-refractivity contribution < 1.29 is 14.0 Å². The minimum absolute atomic E-state index is 0.0492.